The lowest BCUT2D eigenvalue weighted by Gasteiger charge is -2.27. The minimum absolute atomic E-state index is 0.0591. The number of nitrogens with one attached hydrogen (secondary N) is 1. The first-order chi connectivity index (χ1) is 16.3. The van der Waals surface area contributed by atoms with Gasteiger partial charge in [-0.25, -0.2) is 4.39 Å². The Labute approximate surface area is 200 Å². The molecule has 1 N–H and O–H groups in total. The predicted molar refractivity (Wildman–Crippen MR) is 128 cm³/mol. The number of ether oxygens (including phenoxy) is 1. The molecular formula is C26H20ClFN2O4. The molecule has 3 aromatic carbocycles. The third-order valence-corrected chi connectivity index (χ3v) is 5.82. The van der Waals surface area contributed by atoms with Crippen molar-refractivity contribution in [3.63, 3.8) is 0 Å². The number of ketones is 1. The highest BCUT2D eigenvalue weighted by Gasteiger charge is 2.33. The third kappa shape index (κ3) is 4.56. The van der Waals surface area contributed by atoms with Gasteiger partial charge in [-0.3, -0.25) is 14.4 Å². The van der Waals surface area contributed by atoms with Gasteiger partial charge in [-0.1, -0.05) is 29.8 Å². The Morgan fingerprint density at radius 1 is 1.09 bits per heavy atom. The second-order valence-electron chi connectivity index (χ2n) is 7.69. The van der Waals surface area contributed by atoms with Gasteiger partial charge in [-0.15, -0.1) is 0 Å². The van der Waals surface area contributed by atoms with Gasteiger partial charge in [-0.05, 0) is 59.7 Å². The maximum absolute atomic E-state index is 13.8. The molecule has 1 heterocycles. The molecule has 0 saturated heterocycles. The molecular weight excluding hydrogens is 459 g/mol. The first-order valence-electron chi connectivity index (χ1n) is 10.3. The maximum atomic E-state index is 13.8. The number of anilines is 1. The van der Waals surface area contributed by atoms with E-state index in [1.807, 2.05) is 12.1 Å². The number of halogens is 2. The molecule has 0 aliphatic carbocycles. The van der Waals surface area contributed by atoms with Gasteiger partial charge in [0.15, 0.2) is 0 Å². The minimum atomic E-state index is -0.656. The summed E-state index contributed by atoms with van der Waals surface area (Å²) in [5.41, 5.74) is 1.95. The molecule has 0 bridgehead atoms. The lowest BCUT2D eigenvalue weighted by Crippen LogP contribution is -2.37. The number of likely N-dealkylation sites (N-methyl/N-ethyl adjacent to an activating group) is 1. The molecule has 8 heteroatoms. The fourth-order valence-electron chi connectivity index (χ4n) is 3.61. The molecule has 1 aliphatic rings. The summed E-state index contributed by atoms with van der Waals surface area (Å²) in [5, 5.41) is 2.76. The van der Waals surface area contributed by atoms with E-state index in [4.69, 9.17) is 16.3 Å². The largest absolute Gasteiger partial charge is 0.497 e. The van der Waals surface area contributed by atoms with Crippen LogP contribution in [-0.4, -0.2) is 31.8 Å². The van der Waals surface area contributed by atoms with Crippen LogP contribution in [0, 0.1) is 5.82 Å². The first-order valence-corrected chi connectivity index (χ1v) is 10.7. The van der Waals surface area contributed by atoms with Crippen molar-refractivity contribution in [1.29, 1.82) is 0 Å². The number of benzene rings is 3. The summed E-state index contributed by atoms with van der Waals surface area (Å²) < 4.78 is 19.0. The molecule has 0 atom stereocenters. The predicted octanol–water partition coefficient (Wildman–Crippen LogP) is 4.66. The number of hydrogen-bond acceptors (Lipinski definition) is 4. The van der Waals surface area contributed by atoms with E-state index in [9.17, 15) is 18.8 Å². The van der Waals surface area contributed by atoms with Crippen LogP contribution in [0.1, 0.15) is 31.8 Å². The normalized spacial score (nSPS) is 14.2. The zero-order valence-corrected chi connectivity index (χ0v) is 19.2. The highest BCUT2D eigenvalue weighted by atomic mass is 35.5. The lowest BCUT2D eigenvalue weighted by atomic mass is 9.92. The van der Waals surface area contributed by atoms with Crippen LogP contribution >= 0.6 is 11.6 Å². The summed E-state index contributed by atoms with van der Waals surface area (Å²) in [7, 11) is 3.11. The zero-order chi connectivity index (χ0) is 24.4. The van der Waals surface area contributed by atoms with E-state index in [0.717, 1.165) is 11.6 Å². The smallest absolute Gasteiger partial charge is 0.262 e. The summed E-state index contributed by atoms with van der Waals surface area (Å²) in [6, 6.07) is 15.9. The average Bonchev–Trinajstić information content (AvgIpc) is 2.85. The van der Waals surface area contributed by atoms with Crippen molar-refractivity contribution < 1.29 is 23.5 Å². The molecule has 172 valence electrons. The van der Waals surface area contributed by atoms with Gasteiger partial charge in [0.2, 0.25) is 5.78 Å². The quantitative estimate of drug-likeness (QED) is 0.427. The van der Waals surface area contributed by atoms with Crippen LogP contribution in [0.4, 0.5) is 10.1 Å². The van der Waals surface area contributed by atoms with Crippen LogP contribution in [0.2, 0.25) is 5.02 Å². The number of carbonyl (C=O) groups is 3. The van der Waals surface area contributed by atoms with Gasteiger partial charge < -0.3 is 15.0 Å². The highest BCUT2D eigenvalue weighted by Crippen LogP contribution is 2.31. The van der Waals surface area contributed by atoms with E-state index < -0.39 is 17.5 Å². The van der Waals surface area contributed by atoms with E-state index in [1.54, 1.807) is 31.4 Å². The van der Waals surface area contributed by atoms with Crippen molar-refractivity contribution in [2.75, 3.05) is 19.1 Å². The Morgan fingerprint density at radius 2 is 1.82 bits per heavy atom. The fraction of sp³-hybridized carbons (Fsp3) is 0.115. The molecule has 4 rings (SSSR count). The third-order valence-electron chi connectivity index (χ3n) is 5.51. The van der Waals surface area contributed by atoms with Gasteiger partial charge in [0.1, 0.15) is 11.6 Å². The lowest BCUT2D eigenvalue weighted by molar-refractivity contribution is -0.114. The van der Waals surface area contributed by atoms with Crippen LogP contribution in [0.3, 0.4) is 0 Å². The number of amides is 2. The molecule has 34 heavy (non-hydrogen) atoms. The SMILES string of the molecule is COc1ccc(CNC(=O)c2ccc3c(c2)C(=O)/C(=C\c2ccc(Cl)c(F)c2)C(=O)N3C)cc1. The van der Waals surface area contributed by atoms with E-state index in [-0.39, 0.29) is 27.6 Å². The molecule has 0 spiro atoms. The Kier molecular flexibility index (Phi) is 6.47. The Morgan fingerprint density at radius 3 is 2.50 bits per heavy atom. The van der Waals surface area contributed by atoms with Crippen molar-refractivity contribution >= 4 is 41.0 Å². The minimum Gasteiger partial charge on any atom is -0.497 e. The maximum Gasteiger partial charge on any atom is 0.262 e. The number of hydrogen-bond donors (Lipinski definition) is 1. The van der Waals surface area contributed by atoms with E-state index in [1.165, 1.54) is 36.2 Å². The molecule has 2 amide bonds. The molecule has 1 aliphatic heterocycles. The van der Waals surface area contributed by atoms with Crippen LogP contribution < -0.4 is 15.0 Å². The Balaban J connectivity index is 1.59. The fourth-order valence-corrected chi connectivity index (χ4v) is 3.73. The van der Waals surface area contributed by atoms with Crippen molar-refractivity contribution in [1.82, 2.24) is 5.32 Å². The summed E-state index contributed by atoms with van der Waals surface area (Å²) >= 11 is 5.72. The summed E-state index contributed by atoms with van der Waals surface area (Å²) in [5.74, 6) is -1.37. The molecule has 3 aromatic rings. The number of rotatable bonds is 5. The van der Waals surface area contributed by atoms with Gasteiger partial charge in [0.05, 0.1) is 23.4 Å². The van der Waals surface area contributed by atoms with Crippen molar-refractivity contribution in [2.45, 2.75) is 6.54 Å². The van der Waals surface area contributed by atoms with Gasteiger partial charge >= 0.3 is 0 Å². The van der Waals surface area contributed by atoms with E-state index >= 15 is 0 Å². The average molecular weight is 479 g/mol. The summed E-state index contributed by atoms with van der Waals surface area (Å²) in [6.07, 6.45) is 1.32. The molecule has 0 radical (unpaired) electrons. The summed E-state index contributed by atoms with van der Waals surface area (Å²) in [4.78, 5) is 40.0. The molecule has 6 nitrogen and oxygen atoms in total. The topological polar surface area (TPSA) is 75.7 Å². The second kappa shape index (κ2) is 9.49. The zero-order valence-electron chi connectivity index (χ0n) is 18.4. The number of Topliss-reactive ketones (excluding diaryl/α,β-unsaturated/α-hetero) is 1. The second-order valence-corrected chi connectivity index (χ2v) is 8.09. The molecule has 0 aromatic heterocycles. The van der Waals surface area contributed by atoms with Crippen molar-refractivity contribution in [3.8, 4) is 5.75 Å². The van der Waals surface area contributed by atoms with Crippen molar-refractivity contribution in [3.05, 3.63) is 99.3 Å². The van der Waals surface area contributed by atoms with Gasteiger partial charge in [0, 0.05) is 24.7 Å². The Hall–Kier alpha value is -3.97. The van der Waals surface area contributed by atoms with Gasteiger partial charge in [0.25, 0.3) is 11.8 Å². The van der Waals surface area contributed by atoms with Crippen LogP contribution in [0.25, 0.3) is 6.08 Å². The van der Waals surface area contributed by atoms with Crippen molar-refractivity contribution in [2.24, 2.45) is 0 Å². The number of nitrogens with zero attached hydrogens (tertiary/aromatic N) is 1. The standard InChI is InChI=1S/C26H20ClFN2O4/c1-30-23-10-6-17(25(32)29-14-15-3-7-18(34-2)8-4-15)13-19(23)24(31)20(26(30)33)11-16-5-9-21(27)22(28)12-16/h3-13H,14H2,1-2H3,(H,29,32)/b20-11+. The Bertz CT molecular complexity index is 1340. The van der Waals surface area contributed by atoms with Crippen LogP contribution in [0.15, 0.2) is 66.2 Å². The van der Waals surface area contributed by atoms with Crippen LogP contribution in [-0.2, 0) is 11.3 Å². The van der Waals surface area contributed by atoms with Crippen LogP contribution in [0.5, 0.6) is 5.75 Å². The molecule has 0 unspecified atom stereocenters. The van der Waals surface area contributed by atoms with E-state index in [0.29, 0.717) is 23.5 Å². The monoisotopic (exact) mass is 478 g/mol. The summed E-state index contributed by atoms with van der Waals surface area (Å²) in [6.45, 7) is 0.291. The van der Waals surface area contributed by atoms with Gasteiger partial charge in [-0.2, -0.15) is 0 Å². The number of carbonyl (C=O) groups excluding carboxylic acids is 3. The molecule has 0 saturated carbocycles. The molecule has 0 fully saturated rings. The number of methoxy groups -OCH3 is 1. The highest BCUT2D eigenvalue weighted by molar-refractivity contribution is 6.36. The van der Waals surface area contributed by atoms with E-state index in [2.05, 4.69) is 5.32 Å². The number of fused-ring (bicyclic) bond motifs is 1. The first kappa shape index (κ1) is 23.2.